The summed E-state index contributed by atoms with van der Waals surface area (Å²) in [6, 6.07) is 4.13. The summed E-state index contributed by atoms with van der Waals surface area (Å²) in [5, 5.41) is 14.4. The lowest BCUT2D eigenvalue weighted by Gasteiger charge is -2.14. The molecule has 0 spiro atoms. The van der Waals surface area contributed by atoms with Crippen LogP contribution in [0.3, 0.4) is 0 Å². The Kier molecular flexibility index (Phi) is 4.95. The van der Waals surface area contributed by atoms with Crippen molar-refractivity contribution >= 4 is 34.0 Å². The van der Waals surface area contributed by atoms with Gasteiger partial charge in [0.2, 0.25) is 0 Å². The highest BCUT2D eigenvalue weighted by atomic mass is 32.2. The number of hydrogen-bond acceptors (Lipinski definition) is 5. The van der Waals surface area contributed by atoms with E-state index in [1.54, 1.807) is 23.9 Å². The van der Waals surface area contributed by atoms with Crippen LogP contribution in [-0.4, -0.2) is 28.5 Å². The molecular formula is C14H16FN3O2S. The van der Waals surface area contributed by atoms with Crippen LogP contribution in [0, 0.1) is 21.8 Å². The van der Waals surface area contributed by atoms with E-state index in [1.165, 1.54) is 6.20 Å². The first-order valence-electron chi connectivity index (χ1n) is 6.49. The zero-order valence-electron chi connectivity index (χ0n) is 11.8. The summed E-state index contributed by atoms with van der Waals surface area (Å²) in [5.41, 5.74) is 0.253. The highest BCUT2D eigenvalue weighted by Crippen LogP contribution is 2.32. The normalized spacial score (nSPS) is 12.3. The minimum Gasteiger partial charge on any atom is -0.381 e. The molecule has 1 N–H and O–H groups in total. The number of nitrogens with zero attached hydrogens (tertiary/aromatic N) is 2. The largest absolute Gasteiger partial charge is 0.381 e. The molecule has 0 radical (unpaired) electrons. The van der Waals surface area contributed by atoms with Gasteiger partial charge in [0.05, 0.1) is 22.1 Å². The molecule has 1 atom stereocenters. The van der Waals surface area contributed by atoms with Gasteiger partial charge in [0.15, 0.2) is 5.82 Å². The molecule has 0 aliphatic heterocycles. The van der Waals surface area contributed by atoms with Gasteiger partial charge < -0.3 is 5.32 Å². The Balaban J connectivity index is 2.42. The molecule has 21 heavy (non-hydrogen) atoms. The van der Waals surface area contributed by atoms with Crippen molar-refractivity contribution in [3.05, 3.63) is 40.3 Å². The topological polar surface area (TPSA) is 68.1 Å². The number of hydrogen-bond donors (Lipinski definition) is 1. The number of thioether (sulfide) groups is 1. The second kappa shape index (κ2) is 6.71. The van der Waals surface area contributed by atoms with Crippen molar-refractivity contribution in [2.45, 2.75) is 6.92 Å². The van der Waals surface area contributed by atoms with Gasteiger partial charge in [-0.1, -0.05) is 6.92 Å². The number of non-ortho nitro benzene ring substituents is 1. The molecule has 0 saturated carbocycles. The van der Waals surface area contributed by atoms with Gasteiger partial charge in [-0.25, -0.2) is 4.39 Å². The number of aromatic nitrogens is 1. The summed E-state index contributed by atoms with van der Waals surface area (Å²) < 4.78 is 14.2. The predicted molar refractivity (Wildman–Crippen MR) is 84.4 cm³/mol. The summed E-state index contributed by atoms with van der Waals surface area (Å²) in [7, 11) is 0. The van der Waals surface area contributed by atoms with Crippen LogP contribution in [0.1, 0.15) is 6.92 Å². The summed E-state index contributed by atoms with van der Waals surface area (Å²) in [6.45, 7) is 2.64. The van der Waals surface area contributed by atoms with Gasteiger partial charge in [-0.05, 0) is 30.1 Å². The lowest BCUT2D eigenvalue weighted by Crippen LogP contribution is -2.14. The molecule has 1 unspecified atom stereocenters. The number of fused-ring (bicyclic) bond motifs is 1. The smallest absolute Gasteiger partial charge is 0.281 e. The van der Waals surface area contributed by atoms with Crippen molar-refractivity contribution in [3.63, 3.8) is 0 Å². The van der Waals surface area contributed by atoms with E-state index in [-0.39, 0.29) is 11.4 Å². The highest BCUT2D eigenvalue weighted by molar-refractivity contribution is 7.98. The molecule has 0 aliphatic rings. The number of rotatable bonds is 6. The molecule has 2 aromatic rings. The monoisotopic (exact) mass is 309 g/mol. The van der Waals surface area contributed by atoms with E-state index in [2.05, 4.69) is 17.2 Å². The van der Waals surface area contributed by atoms with Crippen LogP contribution in [0.4, 0.5) is 15.8 Å². The van der Waals surface area contributed by atoms with Crippen LogP contribution in [0.5, 0.6) is 0 Å². The number of nitro benzene ring substituents is 1. The summed E-state index contributed by atoms with van der Waals surface area (Å²) in [6.07, 6.45) is 3.52. The number of benzene rings is 1. The van der Waals surface area contributed by atoms with Gasteiger partial charge in [-0.15, -0.1) is 0 Å². The van der Waals surface area contributed by atoms with Gasteiger partial charge in [0, 0.05) is 12.7 Å². The average Bonchev–Trinajstić information content (AvgIpc) is 2.45. The first-order valence-corrected chi connectivity index (χ1v) is 7.88. The summed E-state index contributed by atoms with van der Waals surface area (Å²) in [4.78, 5) is 14.5. The van der Waals surface area contributed by atoms with Crippen molar-refractivity contribution in [2.24, 2.45) is 5.92 Å². The third-order valence-corrected chi connectivity index (χ3v) is 4.00. The second-order valence-electron chi connectivity index (χ2n) is 4.85. The molecule has 0 aliphatic carbocycles. The summed E-state index contributed by atoms with van der Waals surface area (Å²) >= 11 is 1.72. The molecule has 1 heterocycles. The van der Waals surface area contributed by atoms with Gasteiger partial charge in [0.1, 0.15) is 5.52 Å². The van der Waals surface area contributed by atoms with E-state index in [0.29, 0.717) is 23.4 Å². The first-order chi connectivity index (χ1) is 10.0. The molecule has 0 amide bonds. The van der Waals surface area contributed by atoms with Gasteiger partial charge in [-0.3, -0.25) is 15.1 Å². The lowest BCUT2D eigenvalue weighted by molar-refractivity contribution is -0.383. The second-order valence-corrected chi connectivity index (χ2v) is 5.76. The lowest BCUT2D eigenvalue weighted by atomic mass is 10.1. The van der Waals surface area contributed by atoms with Crippen molar-refractivity contribution in [3.8, 4) is 0 Å². The number of nitro groups is 1. The third kappa shape index (κ3) is 3.41. The van der Waals surface area contributed by atoms with E-state index in [9.17, 15) is 14.5 Å². The Morgan fingerprint density at radius 2 is 2.33 bits per heavy atom. The molecular weight excluding hydrogens is 293 g/mol. The standard InChI is InChI=1S/C14H16FN3O2S/c1-9(8-21-2)7-17-14-11(15)6-12(18(19)20)10-4-3-5-16-13(10)14/h3-6,9,17H,7-8H2,1-2H3. The van der Waals surface area contributed by atoms with E-state index < -0.39 is 10.7 Å². The molecule has 0 saturated heterocycles. The fourth-order valence-corrected chi connectivity index (χ4v) is 2.82. The summed E-state index contributed by atoms with van der Waals surface area (Å²) in [5.74, 6) is 0.657. The van der Waals surface area contributed by atoms with Crippen LogP contribution < -0.4 is 5.32 Å². The highest BCUT2D eigenvalue weighted by Gasteiger charge is 2.20. The van der Waals surface area contributed by atoms with E-state index in [4.69, 9.17) is 0 Å². The van der Waals surface area contributed by atoms with E-state index in [1.807, 2.05) is 6.26 Å². The number of pyridine rings is 1. The zero-order valence-corrected chi connectivity index (χ0v) is 12.6. The number of halogens is 1. The van der Waals surface area contributed by atoms with Gasteiger partial charge in [0.25, 0.3) is 5.69 Å². The maximum absolute atomic E-state index is 14.2. The minimum atomic E-state index is -0.649. The molecule has 2 rings (SSSR count). The van der Waals surface area contributed by atoms with E-state index >= 15 is 0 Å². The zero-order chi connectivity index (χ0) is 15.4. The quantitative estimate of drug-likeness (QED) is 0.651. The molecule has 5 nitrogen and oxygen atoms in total. The predicted octanol–water partition coefficient (Wildman–Crippen LogP) is 3.69. The fraction of sp³-hybridized carbons (Fsp3) is 0.357. The maximum atomic E-state index is 14.2. The molecule has 0 bridgehead atoms. The van der Waals surface area contributed by atoms with Crippen LogP contribution in [0.25, 0.3) is 10.9 Å². The van der Waals surface area contributed by atoms with Crippen molar-refractivity contribution < 1.29 is 9.31 Å². The average molecular weight is 309 g/mol. The van der Waals surface area contributed by atoms with Crippen LogP contribution >= 0.6 is 11.8 Å². The number of nitrogens with one attached hydrogen (secondary N) is 1. The molecule has 0 fully saturated rings. The molecule has 1 aromatic carbocycles. The number of anilines is 1. The SMILES string of the molecule is CSCC(C)CNc1c(F)cc([N+](=O)[O-])c2cccnc12. The maximum Gasteiger partial charge on any atom is 0.281 e. The Morgan fingerprint density at radius 1 is 1.57 bits per heavy atom. The van der Waals surface area contributed by atoms with Gasteiger partial charge in [-0.2, -0.15) is 11.8 Å². The Labute approximate surface area is 126 Å². The van der Waals surface area contributed by atoms with Crippen LogP contribution in [-0.2, 0) is 0 Å². The Hall–Kier alpha value is -1.89. The molecule has 112 valence electrons. The third-order valence-electron chi connectivity index (χ3n) is 3.10. The van der Waals surface area contributed by atoms with Crippen molar-refractivity contribution in [2.75, 3.05) is 23.9 Å². The first kappa shape index (κ1) is 15.5. The molecule has 7 heteroatoms. The molecule has 1 aromatic heterocycles. The van der Waals surface area contributed by atoms with Crippen LogP contribution in [0.2, 0.25) is 0 Å². The minimum absolute atomic E-state index is 0.226. The Morgan fingerprint density at radius 3 is 3.00 bits per heavy atom. The Bertz CT molecular complexity index is 666. The fourth-order valence-electron chi connectivity index (χ4n) is 2.13. The van der Waals surface area contributed by atoms with E-state index in [0.717, 1.165) is 11.8 Å². The van der Waals surface area contributed by atoms with Crippen molar-refractivity contribution in [1.29, 1.82) is 0 Å². The van der Waals surface area contributed by atoms with Crippen LogP contribution in [0.15, 0.2) is 24.4 Å². The van der Waals surface area contributed by atoms with Crippen molar-refractivity contribution in [1.82, 2.24) is 4.98 Å². The van der Waals surface area contributed by atoms with Gasteiger partial charge >= 0.3 is 0 Å².